The lowest BCUT2D eigenvalue weighted by atomic mass is 9.85. The van der Waals surface area contributed by atoms with Gasteiger partial charge in [-0.2, -0.15) is 0 Å². The van der Waals surface area contributed by atoms with Gasteiger partial charge in [0.1, 0.15) is 0 Å². The van der Waals surface area contributed by atoms with Gasteiger partial charge in [-0.1, -0.05) is 51.7 Å². The van der Waals surface area contributed by atoms with Crippen LogP contribution in [0.15, 0.2) is 51.6 Å². The standard InChI is InChI=1S/C24H32BrClN2/c1-4-17(2)13-21(25)15-19-5-6-20-16-22(26)7-8-23(20)24(14-18(19)3)28-11-9-27-10-12-28/h7-8,13,15-16,24,27H,4-6,9-12,14H2,1-3H3/b17-13+,19-18+,21-15+. The van der Waals surface area contributed by atoms with E-state index in [1.165, 1.54) is 32.3 Å². The smallest absolute Gasteiger partial charge is 0.0408 e. The van der Waals surface area contributed by atoms with Crippen LogP contribution in [-0.4, -0.2) is 31.1 Å². The molecular formula is C24H32BrClN2. The minimum atomic E-state index is 0.435. The number of halogens is 2. The van der Waals surface area contributed by atoms with Crippen molar-refractivity contribution in [2.75, 3.05) is 26.2 Å². The number of hydrogen-bond acceptors (Lipinski definition) is 2. The van der Waals surface area contributed by atoms with Crippen molar-refractivity contribution in [1.82, 2.24) is 10.2 Å². The van der Waals surface area contributed by atoms with Crippen LogP contribution < -0.4 is 5.32 Å². The van der Waals surface area contributed by atoms with E-state index in [-0.39, 0.29) is 0 Å². The lowest BCUT2D eigenvalue weighted by molar-refractivity contribution is 0.171. The lowest BCUT2D eigenvalue weighted by Crippen LogP contribution is -2.45. The van der Waals surface area contributed by atoms with Gasteiger partial charge in [-0.05, 0) is 80.5 Å². The number of fused-ring (bicyclic) bond motifs is 1. The van der Waals surface area contributed by atoms with Crippen molar-refractivity contribution < 1.29 is 0 Å². The maximum absolute atomic E-state index is 6.36. The highest BCUT2D eigenvalue weighted by molar-refractivity contribution is 9.11. The second-order valence-corrected chi connectivity index (χ2v) is 9.38. The molecule has 0 radical (unpaired) electrons. The molecule has 0 bridgehead atoms. The second kappa shape index (κ2) is 10.2. The number of piperazine rings is 1. The molecule has 0 amide bonds. The summed E-state index contributed by atoms with van der Waals surface area (Å²) in [4.78, 5) is 2.65. The molecule has 1 atom stereocenters. The topological polar surface area (TPSA) is 15.3 Å². The summed E-state index contributed by atoms with van der Waals surface area (Å²) < 4.78 is 1.17. The summed E-state index contributed by atoms with van der Waals surface area (Å²) in [6, 6.07) is 6.95. The zero-order chi connectivity index (χ0) is 20.1. The summed E-state index contributed by atoms with van der Waals surface area (Å²) in [5, 5.41) is 4.33. The van der Waals surface area contributed by atoms with Crippen molar-refractivity contribution >= 4 is 27.5 Å². The molecule has 28 heavy (non-hydrogen) atoms. The molecule has 1 aliphatic carbocycles. The largest absolute Gasteiger partial charge is 0.314 e. The minimum Gasteiger partial charge on any atom is -0.314 e. The maximum atomic E-state index is 6.36. The molecule has 1 unspecified atom stereocenters. The van der Waals surface area contributed by atoms with Gasteiger partial charge in [0.2, 0.25) is 0 Å². The molecule has 1 saturated heterocycles. The highest BCUT2D eigenvalue weighted by Gasteiger charge is 2.26. The quantitative estimate of drug-likeness (QED) is 0.508. The molecule has 1 N–H and O–H groups in total. The third-order valence-corrected chi connectivity index (χ3v) is 6.71. The van der Waals surface area contributed by atoms with Gasteiger partial charge in [0, 0.05) is 41.7 Å². The van der Waals surface area contributed by atoms with Crippen molar-refractivity contribution in [3.05, 3.63) is 67.7 Å². The predicted molar refractivity (Wildman–Crippen MR) is 125 cm³/mol. The molecule has 0 spiro atoms. The Balaban J connectivity index is 1.96. The molecule has 4 heteroatoms. The Kier molecular flexibility index (Phi) is 7.99. The van der Waals surface area contributed by atoms with Gasteiger partial charge in [0.15, 0.2) is 0 Å². The van der Waals surface area contributed by atoms with E-state index in [2.05, 4.69) is 77.3 Å². The summed E-state index contributed by atoms with van der Waals surface area (Å²) >= 11 is 10.1. The maximum Gasteiger partial charge on any atom is 0.0408 e. The van der Waals surface area contributed by atoms with Gasteiger partial charge in [-0.25, -0.2) is 0 Å². The molecule has 0 aromatic heterocycles. The molecule has 1 fully saturated rings. The van der Waals surface area contributed by atoms with Gasteiger partial charge in [0.05, 0.1) is 0 Å². The molecule has 3 rings (SSSR count). The monoisotopic (exact) mass is 462 g/mol. The van der Waals surface area contributed by atoms with E-state index >= 15 is 0 Å². The Hall–Kier alpha value is -0.870. The van der Waals surface area contributed by atoms with Gasteiger partial charge in [-0.15, -0.1) is 0 Å². The third kappa shape index (κ3) is 5.60. The Morgan fingerprint density at radius 2 is 2.04 bits per heavy atom. The van der Waals surface area contributed by atoms with Crippen LogP contribution in [0.1, 0.15) is 57.2 Å². The first-order valence-electron chi connectivity index (χ1n) is 10.4. The fourth-order valence-corrected chi connectivity index (χ4v) is 5.05. The SMILES string of the molecule is CC/C(C)=C/C(Br)=C\C1=C(/C)CC(N2CCNCC2)c2ccc(Cl)cc2CC1. The normalized spacial score (nSPS) is 25.2. The average molecular weight is 464 g/mol. The van der Waals surface area contributed by atoms with Gasteiger partial charge < -0.3 is 5.32 Å². The zero-order valence-corrected chi connectivity index (χ0v) is 19.7. The number of hydrogen-bond donors (Lipinski definition) is 1. The number of benzene rings is 1. The Labute approximate surface area is 183 Å². The summed E-state index contributed by atoms with van der Waals surface area (Å²) in [7, 11) is 0. The summed E-state index contributed by atoms with van der Waals surface area (Å²) in [5.41, 5.74) is 7.23. The first kappa shape index (κ1) is 21.8. The molecule has 1 heterocycles. The fourth-order valence-electron chi connectivity index (χ4n) is 4.19. The molecule has 0 saturated carbocycles. The van der Waals surface area contributed by atoms with E-state index in [1.807, 2.05) is 0 Å². The number of allylic oxidation sites excluding steroid dienone is 5. The lowest BCUT2D eigenvalue weighted by Gasteiger charge is -2.37. The van der Waals surface area contributed by atoms with Crippen LogP contribution in [0.3, 0.4) is 0 Å². The van der Waals surface area contributed by atoms with Crippen LogP contribution in [-0.2, 0) is 6.42 Å². The molecule has 2 aliphatic rings. The molecule has 1 aromatic carbocycles. The third-order valence-electron chi connectivity index (χ3n) is 6.02. The highest BCUT2D eigenvalue weighted by Crippen LogP contribution is 2.37. The van der Waals surface area contributed by atoms with E-state index in [9.17, 15) is 0 Å². The number of rotatable bonds is 4. The molecule has 1 aromatic rings. The average Bonchev–Trinajstić information content (AvgIpc) is 2.69. The van der Waals surface area contributed by atoms with Crippen LogP contribution in [0.4, 0.5) is 0 Å². The number of nitrogens with one attached hydrogen (secondary N) is 1. The number of nitrogens with zero attached hydrogens (tertiary/aromatic N) is 1. The Morgan fingerprint density at radius 3 is 2.75 bits per heavy atom. The van der Waals surface area contributed by atoms with Crippen molar-refractivity contribution in [3.8, 4) is 0 Å². The predicted octanol–water partition coefficient (Wildman–Crippen LogP) is 6.57. The highest BCUT2D eigenvalue weighted by atomic mass is 79.9. The molecule has 1 aliphatic heterocycles. The molecule has 152 valence electrons. The van der Waals surface area contributed by atoms with Crippen LogP contribution in [0.25, 0.3) is 0 Å². The van der Waals surface area contributed by atoms with E-state index in [0.29, 0.717) is 6.04 Å². The van der Waals surface area contributed by atoms with Crippen molar-refractivity contribution in [3.63, 3.8) is 0 Å². The summed E-state index contributed by atoms with van der Waals surface area (Å²) in [6.07, 6.45) is 8.84. The summed E-state index contributed by atoms with van der Waals surface area (Å²) in [6.45, 7) is 11.1. The summed E-state index contributed by atoms with van der Waals surface area (Å²) in [5.74, 6) is 0. The van der Waals surface area contributed by atoms with Gasteiger partial charge in [-0.3, -0.25) is 4.90 Å². The van der Waals surface area contributed by atoms with Crippen LogP contribution in [0, 0.1) is 0 Å². The molecular weight excluding hydrogens is 432 g/mol. The second-order valence-electron chi connectivity index (χ2n) is 8.03. The van der Waals surface area contributed by atoms with Crippen molar-refractivity contribution in [2.45, 2.75) is 52.5 Å². The zero-order valence-electron chi connectivity index (χ0n) is 17.3. The first-order valence-corrected chi connectivity index (χ1v) is 11.6. The Morgan fingerprint density at radius 1 is 1.29 bits per heavy atom. The van der Waals surface area contributed by atoms with Crippen LogP contribution in [0.5, 0.6) is 0 Å². The van der Waals surface area contributed by atoms with Crippen LogP contribution in [0.2, 0.25) is 5.02 Å². The van der Waals surface area contributed by atoms with Crippen molar-refractivity contribution in [1.29, 1.82) is 0 Å². The first-order chi connectivity index (χ1) is 13.5. The Bertz CT molecular complexity index is 788. The number of aryl methyl sites for hydroxylation is 1. The molecule has 2 nitrogen and oxygen atoms in total. The van der Waals surface area contributed by atoms with E-state index in [0.717, 1.165) is 56.9 Å². The van der Waals surface area contributed by atoms with Gasteiger partial charge in [0.25, 0.3) is 0 Å². The van der Waals surface area contributed by atoms with E-state index in [1.54, 1.807) is 0 Å². The minimum absolute atomic E-state index is 0.435. The van der Waals surface area contributed by atoms with E-state index < -0.39 is 0 Å². The van der Waals surface area contributed by atoms with Crippen LogP contribution >= 0.6 is 27.5 Å². The fraction of sp³-hybridized carbons (Fsp3) is 0.500. The van der Waals surface area contributed by atoms with Crippen molar-refractivity contribution in [2.24, 2.45) is 0 Å². The van der Waals surface area contributed by atoms with Gasteiger partial charge >= 0.3 is 0 Å². The van der Waals surface area contributed by atoms with E-state index in [4.69, 9.17) is 11.6 Å².